The second kappa shape index (κ2) is 13.6. The zero-order chi connectivity index (χ0) is 17.5. The maximum absolute atomic E-state index is 11.0. The Bertz CT molecular complexity index is 503. The van der Waals surface area contributed by atoms with Crippen LogP contribution in [0.2, 0.25) is 0 Å². The fraction of sp³-hybridized carbons (Fsp3) is 0.476. The van der Waals surface area contributed by atoms with E-state index >= 15 is 0 Å². The molecule has 1 aromatic rings. The lowest BCUT2D eigenvalue weighted by molar-refractivity contribution is -0.140. The van der Waals surface area contributed by atoms with E-state index in [9.17, 15) is 9.90 Å². The topological polar surface area (TPSA) is 46.5 Å². The van der Waals surface area contributed by atoms with Gasteiger partial charge in [-0.3, -0.25) is 4.79 Å². The molecular formula is C21H30O3. The number of hydrogen-bond donors (Lipinski definition) is 1. The van der Waals surface area contributed by atoms with Crippen LogP contribution in [0.3, 0.4) is 0 Å². The average Bonchev–Trinajstić information content (AvgIpc) is 2.62. The average molecular weight is 330 g/mol. The monoisotopic (exact) mass is 330 g/mol. The summed E-state index contributed by atoms with van der Waals surface area (Å²) >= 11 is 0. The van der Waals surface area contributed by atoms with Gasteiger partial charge in [-0.25, -0.2) is 0 Å². The van der Waals surface area contributed by atoms with Crippen molar-refractivity contribution in [2.75, 3.05) is 13.7 Å². The van der Waals surface area contributed by atoms with Crippen LogP contribution < -0.4 is 0 Å². The number of methoxy groups -OCH3 is 1. The van der Waals surface area contributed by atoms with E-state index < -0.39 is 0 Å². The SMILES string of the molecule is COC(=O)CCCCCCC/C=C/C/C(=C/c1ccccc1)CO. The van der Waals surface area contributed by atoms with Crippen molar-refractivity contribution in [2.24, 2.45) is 0 Å². The van der Waals surface area contributed by atoms with Crippen LogP contribution in [0.1, 0.15) is 56.9 Å². The molecule has 0 bridgehead atoms. The normalized spacial score (nSPS) is 11.8. The van der Waals surface area contributed by atoms with E-state index in [4.69, 9.17) is 0 Å². The first-order valence-electron chi connectivity index (χ1n) is 8.83. The van der Waals surface area contributed by atoms with Crippen molar-refractivity contribution in [1.82, 2.24) is 0 Å². The van der Waals surface area contributed by atoms with Gasteiger partial charge in [0.1, 0.15) is 0 Å². The Kier molecular flexibility index (Phi) is 11.4. The molecule has 0 atom stereocenters. The van der Waals surface area contributed by atoms with Gasteiger partial charge in [0.15, 0.2) is 0 Å². The zero-order valence-electron chi connectivity index (χ0n) is 14.7. The Morgan fingerprint density at radius 2 is 1.75 bits per heavy atom. The molecule has 0 aliphatic carbocycles. The largest absolute Gasteiger partial charge is 0.469 e. The number of allylic oxidation sites excluding steroid dienone is 2. The number of carbonyl (C=O) groups excluding carboxylic acids is 1. The third kappa shape index (κ3) is 10.0. The third-order valence-electron chi connectivity index (χ3n) is 3.90. The van der Waals surface area contributed by atoms with Gasteiger partial charge in [-0.05, 0) is 36.8 Å². The van der Waals surface area contributed by atoms with Crippen LogP contribution in [0.15, 0.2) is 48.1 Å². The van der Waals surface area contributed by atoms with E-state index in [-0.39, 0.29) is 12.6 Å². The summed E-state index contributed by atoms with van der Waals surface area (Å²) in [4.78, 5) is 11.0. The minimum Gasteiger partial charge on any atom is -0.469 e. The van der Waals surface area contributed by atoms with E-state index in [2.05, 4.69) is 16.9 Å². The Morgan fingerprint density at radius 1 is 1.04 bits per heavy atom. The van der Waals surface area contributed by atoms with Gasteiger partial charge in [0.05, 0.1) is 13.7 Å². The van der Waals surface area contributed by atoms with E-state index in [0.29, 0.717) is 6.42 Å². The quantitative estimate of drug-likeness (QED) is 0.336. The molecule has 0 saturated heterocycles. The summed E-state index contributed by atoms with van der Waals surface area (Å²) in [7, 11) is 1.44. The molecule has 1 aromatic carbocycles. The zero-order valence-corrected chi connectivity index (χ0v) is 14.7. The molecule has 132 valence electrons. The van der Waals surface area contributed by atoms with Gasteiger partial charge in [-0.2, -0.15) is 0 Å². The van der Waals surface area contributed by atoms with Crippen molar-refractivity contribution in [3.05, 3.63) is 53.6 Å². The number of ether oxygens (including phenoxy) is 1. The molecule has 0 unspecified atom stereocenters. The van der Waals surface area contributed by atoms with Crippen molar-refractivity contribution in [3.8, 4) is 0 Å². The van der Waals surface area contributed by atoms with Crippen LogP contribution in [-0.4, -0.2) is 24.8 Å². The number of benzene rings is 1. The minimum absolute atomic E-state index is 0.0967. The first-order valence-corrected chi connectivity index (χ1v) is 8.83. The summed E-state index contributed by atoms with van der Waals surface area (Å²) in [5.74, 6) is -0.110. The van der Waals surface area contributed by atoms with Crippen molar-refractivity contribution in [2.45, 2.75) is 51.4 Å². The molecule has 0 aliphatic rings. The predicted octanol–water partition coefficient (Wildman–Crippen LogP) is 4.91. The molecule has 0 radical (unpaired) electrons. The van der Waals surface area contributed by atoms with Crippen LogP contribution in [0.5, 0.6) is 0 Å². The summed E-state index contributed by atoms with van der Waals surface area (Å²) in [6.07, 6.45) is 14.3. The van der Waals surface area contributed by atoms with Gasteiger partial charge in [0.2, 0.25) is 0 Å². The van der Waals surface area contributed by atoms with E-state index in [1.807, 2.05) is 36.4 Å². The van der Waals surface area contributed by atoms with Crippen molar-refractivity contribution < 1.29 is 14.6 Å². The number of unbranched alkanes of at least 4 members (excludes halogenated alkanes) is 5. The summed E-state index contributed by atoms with van der Waals surface area (Å²) < 4.78 is 4.62. The number of aliphatic hydroxyl groups is 1. The summed E-state index contributed by atoms with van der Waals surface area (Å²) in [5.41, 5.74) is 2.15. The van der Waals surface area contributed by atoms with Crippen LogP contribution in [-0.2, 0) is 9.53 Å². The minimum atomic E-state index is -0.110. The van der Waals surface area contributed by atoms with Crippen LogP contribution in [0, 0.1) is 0 Å². The van der Waals surface area contributed by atoms with Gasteiger partial charge in [-0.15, -0.1) is 0 Å². The summed E-state index contributed by atoms with van der Waals surface area (Å²) in [5, 5.41) is 9.43. The molecule has 0 aromatic heterocycles. The van der Waals surface area contributed by atoms with Crippen LogP contribution >= 0.6 is 0 Å². The van der Waals surface area contributed by atoms with Crippen LogP contribution in [0.25, 0.3) is 6.08 Å². The maximum Gasteiger partial charge on any atom is 0.305 e. The highest BCUT2D eigenvalue weighted by atomic mass is 16.5. The molecule has 3 heteroatoms. The maximum atomic E-state index is 11.0. The first-order chi connectivity index (χ1) is 11.8. The standard InChI is InChI=1S/C21H30O3/c1-24-21(23)16-12-7-5-3-2-4-6-9-15-20(18-22)17-19-13-10-8-11-14-19/h6,8-11,13-14,17,22H,2-5,7,12,15-16,18H2,1H3/b9-6+,20-17-. The first kappa shape index (κ1) is 20.2. The highest BCUT2D eigenvalue weighted by Crippen LogP contribution is 2.11. The second-order valence-corrected chi connectivity index (χ2v) is 5.93. The Hall–Kier alpha value is -1.87. The fourth-order valence-electron chi connectivity index (χ4n) is 2.47. The number of carbonyl (C=O) groups is 1. The summed E-state index contributed by atoms with van der Waals surface area (Å²) in [6, 6.07) is 10.1. The third-order valence-corrected chi connectivity index (χ3v) is 3.90. The summed E-state index contributed by atoms with van der Waals surface area (Å²) in [6.45, 7) is 0.0967. The number of aliphatic hydroxyl groups excluding tert-OH is 1. The smallest absolute Gasteiger partial charge is 0.305 e. The van der Waals surface area contributed by atoms with Gasteiger partial charge in [0, 0.05) is 6.42 Å². The number of rotatable bonds is 12. The highest BCUT2D eigenvalue weighted by molar-refractivity contribution is 5.68. The van der Waals surface area contributed by atoms with Crippen molar-refractivity contribution in [3.63, 3.8) is 0 Å². The van der Waals surface area contributed by atoms with Crippen molar-refractivity contribution >= 4 is 12.0 Å². The Labute approximate surface area is 146 Å². The number of esters is 1. The lowest BCUT2D eigenvalue weighted by atomic mass is 10.1. The van der Waals surface area contributed by atoms with E-state index in [0.717, 1.165) is 36.8 Å². The second-order valence-electron chi connectivity index (χ2n) is 5.93. The van der Waals surface area contributed by atoms with Gasteiger partial charge < -0.3 is 9.84 Å². The van der Waals surface area contributed by atoms with E-state index in [1.54, 1.807) is 0 Å². The molecule has 1 rings (SSSR count). The Morgan fingerprint density at radius 3 is 2.46 bits per heavy atom. The lowest BCUT2D eigenvalue weighted by Crippen LogP contribution is -1.99. The fourth-order valence-corrected chi connectivity index (χ4v) is 2.47. The van der Waals surface area contributed by atoms with Crippen molar-refractivity contribution in [1.29, 1.82) is 0 Å². The molecule has 0 saturated carbocycles. The predicted molar refractivity (Wildman–Crippen MR) is 99.6 cm³/mol. The molecule has 0 spiro atoms. The molecule has 0 amide bonds. The molecule has 3 nitrogen and oxygen atoms in total. The lowest BCUT2D eigenvalue weighted by Gasteiger charge is -2.01. The van der Waals surface area contributed by atoms with Gasteiger partial charge in [0.25, 0.3) is 0 Å². The number of hydrogen-bond acceptors (Lipinski definition) is 3. The molecule has 0 aliphatic heterocycles. The molecule has 0 heterocycles. The highest BCUT2D eigenvalue weighted by Gasteiger charge is 1.98. The molecule has 24 heavy (non-hydrogen) atoms. The molecular weight excluding hydrogens is 300 g/mol. The Balaban J connectivity index is 2.10. The van der Waals surface area contributed by atoms with Gasteiger partial charge in [-0.1, -0.05) is 67.8 Å². The molecule has 0 fully saturated rings. The van der Waals surface area contributed by atoms with Crippen LogP contribution in [0.4, 0.5) is 0 Å². The van der Waals surface area contributed by atoms with Gasteiger partial charge >= 0.3 is 5.97 Å². The van der Waals surface area contributed by atoms with E-state index in [1.165, 1.54) is 26.4 Å². The molecule has 1 N–H and O–H groups in total.